The van der Waals surface area contributed by atoms with Crippen LogP contribution in [0.2, 0.25) is 0 Å². The fraction of sp³-hybridized carbons (Fsp3) is 0.455. The van der Waals surface area contributed by atoms with Crippen molar-refractivity contribution < 1.29 is 9.05 Å². The van der Waals surface area contributed by atoms with Crippen LogP contribution in [-0.2, 0) is 4.52 Å². The van der Waals surface area contributed by atoms with Crippen LogP contribution < -0.4 is 4.52 Å². The third kappa shape index (κ3) is 4.96. The largest absolute Gasteiger partial charge is 0.439 e. The van der Waals surface area contributed by atoms with Gasteiger partial charge in [-0.25, -0.2) is 0 Å². The normalized spacial score (nSPS) is 13.7. The number of hydrogen-bond donors (Lipinski definition) is 0. The van der Waals surface area contributed by atoms with Crippen molar-refractivity contribution >= 4 is 22.6 Å². The highest BCUT2D eigenvalue weighted by molar-refractivity contribution is 9.38. The van der Waals surface area contributed by atoms with E-state index in [2.05, 4.69) is 15.5 Å². The lowest BCUT2D eigenvalue weighted by Crippen LogP contribution is -2.15. The molecule has 1 atom stereocenters. The lowest BCUT2D eigenvalue weighted by Gasteiger charge is -2.23. The Kier molecular flexibility index (Phi) is 4.57. The molecule has 0 saturated heterocycles. The minimum absolute atomic E-state index is 0.197. The Balaban J connectivity index is 2.59. The van der Waals surface area contributed by atoms with E-state index >= 15 is 0 Å². The molecule has 0 aliphatic carbocycles. The van der Waals surface area contributed by atoms with Gasteiger partial charge in [0.2, 0.25) is 0 Å². The van der Waals surface area contributed by atoms with E-state index in [4.69, 9.17) is 9.05 Å². The zero-order chi connectivity index (χ0) is 11.5. The monoisotopic (exact) mass is 290 g/mol. The van der Waals surface area contributed by atoms with E-state index < -0.39 is 7.08 Å². The molecule has 4 heteroatoms. The van der Waals surface area contributed by atoms with Crippen LogP contribution in [-0.4, -0.2) is 5.60 Å². The van der Waals surface area contributed by atoms with E-state index in [1.807, 2.05) is 52.0 Å². The van der Waals surface area contributed by atoms with Crippen molar-refractivity contribution in [2.75, 3.05) is 0 Å². The van der Waals surface area contributed by atoms with Crippen LogP contribution >= 0.6 is 22.6 Å². The Hall–Kier alpha value is -0.110. The van der Waals surface area contributed by atoms with E-state index in [1.165, 1.54) is 0 Å². The van der Waals surface area contributed by atoms with E-state index in [1.54, 1.807) is 0 Å². The van der Waals surface area contributed by atoms with E-state index in [-0.39, 0.29) is 5.60 Å². The van der Waals surface area contributed by atoms with Crippen LogP contribution in [0.4, 0.5) is 0 Å². The van der Waals surface area contributed by atoms with Gasteiger partial charge in [0.05, 0.1) is 5.60 Å². The van der Waals surface area contributed by atoms with Gasteiger partial charge in [-0.1, -0.05) is 18.2 Å². The predicted octanol–water partition coefficient (Wildman–Crippen LogP) is 4.81. The summed E-state index contributed by atoms with van der Waals surface area (Å²) in [4.78, 5) is 0. The van der Waals surface area contributed by atoms with Gasteiger partial charge in [0, 0.05) is 15.5 Å². The molecule has 1 aromatic carbocycles. The maximum atomic E-state index is 5.68. The fourth-order valence-electron chi connectivity index (χ4n) is 0.970. The van der Waals surface area contributed by atoms with E-state index in [9.17, 15) is 0 Å². The van der Waals surface area contributed by atoms with E-state index in [0.717, 1.165) is 11.3 Å². The first-order chi connectivity index (χ1) is 6.88. The summed E-state index contributed by atoms with van der Waals surface area (Å²) in [6.45, 7) is 8.03. The molecular weight excluding hydrogens is 275 g/mol. The smallest absolute Gasteiger partial charge is 0.307 e. The Bertz CT molecular complexity index is 323. The van der Waals surface area contributed by atoms with Gasteiger partial charge in [0.1, 0.15) is 5.75 Å². The minimum atomic E-state index is -1.05. The van der Waals surface area contributed by atoms with Crippen molar-refractivity contribution in [1.82, 2.24) is 0 Å². The third-order valence-corrected chi connectivity index (χ3v) is 3.51. The second-order valence-electron chi connectivity index (χ2n) is 4.27. The van der Waals surface area contributed by atoms with Gasteiger partial charge in [0.15, 0.2) is 0 Å². The lowest BCUT2D eigenvalue weighted by molar-refractivity contribution is 0.141. The highest BCUT2D eigenvalue weighted by Crippen LogP contribution is 2.50. The van der Waals surface area contributed by atoms with Crippen molar-refractivity contribution in [3.05, 3.63) is 29.8 Å². The zero-order valence-corrected chi connectivity index (χ0v) is 11.9. The summed E-state index contributed by atoms with van der Waals surface area (Å²) in [6.07, 6.45) is 0. The summed E-state index contributed by atoms with van der Waals surface area (Å²) < 4.78 is 11.3. The van der Waals surface area contributed by atoms with Crippen LogP contribution in [0, 0.1) is 6.92 Å². The molecule has 1 aromatic rings. The quantitative estimate of drug-likeness (QED) is 0.744. The molecule has 1 unspecified atom stereocenters. The molecule has 0 N–H and O–H groups in total. The molecule has 84 valence electrons. The summed E-state index contributed by atoms with van der Waals surface area (Å²) in [5.74, 6) is 0.865. The Morgan fingerprint density at radius 2 is 1.80 bits per heavy atom. The molecule has 15 heavy (non-hydrogen) atoms. The summed E-state index contributed by atoms with van der Waals surface area (Å²) in [5, 5.41) is 0. The topological polar surface area (TPSA) is 18.5 Å². The number of halogens is 1. The molecule has 0 aliphatic heterocycles. The van der Waals surface area contributed by atoms with Crippen molar-refractivity contribution in [1.29, 1.82) is 0 Å². The Labute approximate surface area is 101 Å². The molecular formula is C11H16BrO2P. The zero-order valence-electron chi connectivity index (χ0n) is 9.45. The average molecular weight is 291 g/mol. The Morgan fingerprint density at radius 3 is 2.33 bits per heavy atom. The second kappa shape index (κ2) is 5.29. The van der Waals surface area contributed by atoms with Crippen LogP contribution in [0.1, 0.15) is 26.3 Å². The summed E-state index contributed by atoms with van der Waals surface area (Å²) in [5.41, 5.74) is 0.916. The average Bonchev–Trinajstić information content (AvgIpc) is 2.05. The minimum Gasteiger partial charge on any atom is -0.439 e. The number of benzene rings is 1. The molecule has 0 spiro atoms. The van der Waals surface area contributed by atoms with Crippen LogP contribution in [0.3, 0.4) is 0 Å². The van der Waals surface area contributed by atoms with Gasteiger partial charge in [-0.3, -0.25) is 0 Å². The van der Waals surface area contributed by atoms with Crippen LogP contribution in [0.5, 0.6) is 5.75 Å². The molecule has 0 radical (unpaired) electrons. The number of rotatable bonds is 3. The molecule has 2 nitrogen and oxygen atoms in total. The standard InChI is InChI=1S/C11H16BrO2P/c1-9-7-5-6-8-10(9)13-15(12)14-11(2,3)4/h5-8H,1-4H3. The summed E-state index contributed by atoms with van der Waals surface area (Å²) >= 11 is 3.40. The molecule has 0 bridgehead atoms. The summed E-state index contributed by atoms with van der Waals surface area (Å²) in [6, 6.07) is 7.90. The van der Waals surface area contributed by atoms with Crippen LogP contribution in [0.15, 0.2) is 24.3 Å². The lowest BCUT2D eigenvalue weighted by atomic mass is 10.2. The van der Waals surface area contributed by atoms with Crippen molar-refractivity contribution in [3.63, 3.8) is 0 Å². The molecule has 0 aliphatic rings. The fourth-order valence-corrected chi connectivity index (χ4v) is 3.57. The predicted molar refractivity (Wildman–Crippen MR) is 68.5 cm³/mol. The molecule has 1 rings (SSSR count). The van der Waals surface area contributed by atoms with Crippen LogP contribution in [0.25, 0.3) is 0 Å². The number of hydrogen-bond acceptors (Lipinski definition) is 2. The highest BCUT2D eigenvalue weighted by atomic mass is 79.9. The van der Waals surface area contributed by atoms with Gasteiger partial charge in [0.25, 0.3) is 0 Å². The van der Waals surface area contributed by atoms with Gasteiger partial charge in [-0.15, -0.1) is 0 Å². The van der Waals surface area contributed by atoms with Crippen molar-refractivity contribution in [2.24, 2.45) is 0 Å². The first kappa shape index (κ1) is 13.0. The first-order valence-corrected chi connectivity index (χ1v) is 7.97. The van der Waals surface area contributed by atoms with Gasteiger partial charge in [-0.05, 0) is 39.3 Å². The molecule has 0 saturated carbocycles. The maximum Gasteiger partial charge on any atom is 0.307 e. The molecule has 0 aromatic heterocycles. The molecule has 0 fully saturated rings. The summed E-state index contributed by atoms with van der Waals surface area (Å²) in [7, 11) is -1.05. The molecule has 0 amide bonds. The Morgan fingerprint density at radius 1 is 1.20 bits per heavy atom. The SMILES string of the molecule is Cc1ccccc1OP(Br)OC(C)(C)C. The maximum absolute atomic E-state index is 5.68. The van der Waals surface area contributed by atoms with E-state index in [0.29, 0.717) is 0 Å². The van der Waals surface area contributed by atoms with Crippen molar-refractivity contribution in [2.45, 2.75) is 33.3 Å². The van der Waals surface area contributed by atoms with Gasteiger partial charge < -0.3 is 9.05 Å². The number of aryl methyl sites for hydroxylation is 1. The third-order valence-electron chi connectivity index (χ3n) is 1.61. The second-order valence-corrected chi connectivity index (χ2v) is 6.80. The van der Waals surface area contributed by atoms with Crippen molar-refractivity contribution in [3.8, 4) is 5.75 Å². The highest BCUT2D eigenvalue weighted by Gasteiger charge is 2.19. The first-order valence-electron chi connectivity index (χ1n) is 4.77. The van der Waals surface area contributed by atoms with Gasteiger partial charge >= 0.3 is 7.08 Å². The van der Waals surface area contributed by atoms with Gasteiger partial charge in [-0.2, -0.15) is 0 Å². The number of para-hydroxylation sites is 1. The molecule has 0 heterocycles.